The van der Waals surface area contributed by atoms with Crippen molar-refractivity contribution >= 4 is 34.1 Å². The summed E-state index contributed by atoms with van der Waals surface area (Å²) in [7, 11) is 3.45. The number of hydrogen-bond donors (Lipinski definition) is 1. The van der Waals surface area contributed by atoms with E-state index in [1.807, 2.05) is 67.4 Å². The molecule has 0 bridgehead atoms. The molecule has 186 valence electrons. The highest BCUT2D eigenvalue weighted by Gasteiger charge is 2.30. The van der Waals surface area contributed by atoms with Crippen molar-refractivity contribution in [3.05, 3.63) is 64.9 Å². The number of thiazole rings is 1. The number of methoxy groups -OCH3 is 1. The largest absolute Gasteiger partial charge is 0.497 e. The molecular weight excluding hydrogens is 474 g/mol. The molecule has 8 nitrogen and oxygen atoms in total. The second-order valence-electron chi connectivity index (χ2n) is 9.08. The maximum atomic E-state index is 13.7. The fourth-order valence-corrected chi connectivity index (χ4v) is 5.25. The van der Waals surface area contributed by atoms with Gasteiger partial charge >= 0.3 is 0 Å². The minimum absolute atomic E-state index is 0.110. The summed E-state index contributed by atoms with van der Waals surface area (Å²) in [6.07, 6.45) is 2.24. The molecule has 36 heavy (non-hydrogen) atoms. The third-order valence-corrected chi connectivity index (χ3v) is 7.39. The van der Waals surface area contributed by atoms with Crippen molar-refractivity contribution in [1.82, 2.24) is 25.0 Å². The Morgan fingerprint density at radius 1 is 1.17 bits per heavy atom. The van der Waals surface area contributed by atoms with Gasteiger partial charge in [0.25, 0.3) is 11.8 Å². The van der Waals surface area contributed by atoms with Crippen LogP contribution in [-0.2, 0) is 7.05 Å². The molecule has 2 amide bonds. The summed E-state index contributed by atoms with van der Waals surface area (Å²) in [6, 6.07) is 15.3. The predicted octanol–water partition coefficient (Wildman–Crippen LogP) is 4.30. The third-order valence-electron chi connectivity index (χ3n) is 6.37. The Balaban J connectivity index is 1.32. The molecule has 1 N–H and O–H groups in total. The number of carbonyl (C=O) groups excluding carboxylic acids is 2. The second kappa shape index (κ2) is 10.1. The molecule has 9 heteroatoms. The summed E-state index contributed by atoms with van der Waals surface area (Å²) in [5, 5.41) is 9.00. The molecule has 1 saturated carbocycles. The Bertz CT molecular complexity index is 1420. The number of aryl methyl sites for hydroxylation is 2. The van der Waals surface area contributed by atoms with Crippen molar-refractivity contribution in [3.63, 3.8) is 0 Å². The molecule has 0 aliphatic heterocycles. The zero-order valence-corrected chi connectivity index (χ0v) is 21.5. The molecule has 1 aliphatic rings. The lowest BCUT2D eigenvalue weighted by molar-refractivity contribution is 0.0736. The lowest BCUT2D eigenvalue weighted by atomic mass is 10.1. The summed E-state index contributed by atoms with van der Waals surface area (Å²) in [4.78, 5) is 33.9. The van der Waals surface area contributed by atoms with Crippen LogP contribution in [0, 0.1) is 12.8 Å². The summed E-state index contributed by atoms with van der Waals surface area (Å²) in [5.74, 6) is 0.884. The van der Waals surface area contributed by atoms with Crippen LogP contribution < -0.4 is 10.1 Å². The van der Waals surface area contributed by atoms with E-state index in [2.05, 4.69) is 15.4 Å². The van der Waals surface area contributed by atoms with Crippen LogP contribution in [0.25, 0.3) is 21.3 Å². The first kappa shape index (κ1) is 24.0. The van der Waals surface area contributed by atoms with E-state index in [1.54, 1.807) is 11.8 Å². The van der Waals surface area contributed by atoms with Gasteiger partial charge in [-0.25, -0.2) is 4.98 Å². The SMILES string of the molecule is COc1cccc(-c2sc(C)nc2C(=O)N(CCNC(=O)c2nn(C)c3ccccc23)CC2CC2)c1. The first-order chi connectivity index (χ1) is 17.4. The summed E-state index contributed by atoms with van der Waals surface area (Å²) in [5.41, 5.74) is 2.65. The van der Waals surface area contributed by atoms with Crippen molar-refractivity contribution in [2.45, 2.75) is 19.8 Å². The molecule has 0 saturated heterocycles. The van der Waals surface area contributed by atoms with Crippen LogP contribution in [-0.4, -0.2) is 58.2 Å². The van der Waals surface area contributed by atoms with E-state index in [9.17, 15) is 9.59 Å². The molecule has 5 rings (SSSR count). The van der Waals surface area contributed by atoms with Gasteiger partial charge in [-0.1, -0.05) is 30.3 Å². The smallest absolute Gasteiger partial charge is 0.274 e. The van der Waals surface area contributed by atoms with Crippen molar-refractivity contribution in [1.29, 1.82) is 0 Å². The normalized spacial score (nSPS) is 13.1. The van der Waals surface area contributed by atoms with E-state index in [4.69, 9.17) is 4.74 Å². The summed E-state index contributed by atoms with van der Waals surface area (Å²) < 4.78 is 7.08. The van der Waals surface area contributed by atoms with E-state index < -0.39 is 0 Å². The van der Waals surface area contributed by atoms with Gasteiger partial charge < -0.3 is 15.0 Å². The topological polar surface area (TPSA) is 89.3 Å². The Morgan fingerprint density at radius 3 is 2.75 bits per heavy atom. The molecular formula is C27H29N5O3S. The van der Waals surface area contributed by atoms with E-state index in [1.165, 1.54) is 11.3 Å². The van der Waals surface area contributed by atoms with Crippen LogP contribution >= 0.6 is 11.3 Å². The van der Waals surface area contributed by atoms with Gasteiger partial charge in [0.15, 0.2) is 5.69 Å². The molecule has 2 aromatic carbocycles. The molecule has 1 aliphatic carbocycles. The fourth-order valence-electron chi connectivity index (χ4n) is 4.34. The van der Waals surface area contributed by atoms with E-state index in [0.29, 0.717) is 36.9 Å². The van der Waals surface area contributed by atoms with Crippen LogP contribution in [0.1, 0.15) is 38.8 Å². The average molecular weight is 504 g/mol. The second-order valence-corrected chi connectivity index (χ2v) is 10.3. The fraction of sp³-hybridized carbons (Fsp3) is 0.333. The monoisotopic (exact) mass is 503 g/mol. The average Bonchev–Trinajstić information content (AvgIpc) is 3.54. The van der Waals surface area contributed by atoms with Gasteiger partial charge in [0.1, 0.15) is 11.4 Å². The molecule has 1 fully saturated rings. The van der Waals surface area contributed by atoms with Crippen molar-refractivity contribution < 1.29 is 14.3 Å². The molecule has 0 spiro atoms. The van der Waals surface area contributed by atoms with Gasteiger partial charge in [-0.3, -0.25) is 14.3 Å². The minimum Gasteiger partial charge on any atom is -0.497 e. The Kier molecular flexibility index (Phi) is 6.73. The molecule has 0 atom stereocenters. The number of fused-ring (bicyclic) bond motifs is 1. The minimum atomic E-state index is -0.243. The van der Waals surface area contributed by atoms with Crippen LogP contribution in [0.4, 0.5) is 0 Å². The number of aromatic nitrogens is 3. The summed E-state index contributed by atoms with van der Waals surface area (Å²) >= 11 is 1.50. The zero-order chi connectivity index (χ0) is 25.2. The van der Waals surface area contributed by atoms with Gasteiger partial charge in [-0.2, -0.15) is 5.10 Å². The van der Waals surface area contributed by atoms with Crippen LogP contribution in [0.5, 0.6) is 5.75 Å². The first-order valence-electron chi connectivity index (χ1n) is 12.1. The highest BCUT2D eigenvalue weighted by atomic mass is 32.1. The van der Waals surface area contributed by atoms with E-state index in [0.717, 1.165) is 44.9 Å². The third kappa shape index (κ3) is 4.97. The van der Waals surface area contributed by atoms with Gasteiger partial charge in [0.2, 0.25) is 0 Å². The molecule has 2 aromatic heterocycles. The van der Waals surface area contributed by atoms with Crippen LogP contribution in [0.2, 0.25) is 0 Å². The van der Waals surface area contributed by atoms with Crippen LogP contribution in [0.3, 0.4) is 0 Å². The van der Waals surface area contributed by atoms with Gasteiger partial charge in [0, 0.05) is 32.1 Å². The quantitative estimate of drug-likeness (QED) is 0.368. The Hall–Kier alpha value is -3.72. The number of nitrogens with zero attached hydrogens (tertiary/aromatic N) is 4. The lowest BCUT2D eigenvalue weighted by Gasteiger charge is -2.22. The summed E-state index contributed by atoms with van der Waals surface area (Å²) in [6.45, 7) is 3.31. The maximum absolute atomic E-state index is 13.7. The first-order valence-corrected chi connectivity index (χ1v) is 12.9. The van der Waals surface area contributed by atoms with Gasteiger partial charge in [-0.15, -0.1) is 11.3 Å². The van der Waals surface area contributed by atoms with E-state index in [-0.39, 0.29) is 11.8 Å². The highest BCUT2D eigenvalue weighted by Crippen LogP contribution is 2.34. The molecule has 0 radical (unpaired) electrons. The molecule has 0 unspecified atom stereocenters. The number of rotatable bonds is 9. The number of nitrogens with one attached hydrogen (secondary N) is 1. The van der Waals surface area contributed by atoms with Crippen molar-refractivity contribution in [3.8, 4) is 16.2 Å². The highest BCUT2D eigenvalue weighted by molar-refractivity contribution is 7.15. The van der Waals surface area contributed by atoms with Crippen molar-refractivity contribution in [2.75, 3.05) is 26.7 Å². The standard InChI is InChI=1S/C27H29N5O3S/c1-17-29-24(25(36-17)19-7-6-8-20(15-19)35-3)27(34)32(16-18-11-12-18)14-13-28-26(33)23-21-9-4-5-10-22(21)31(2)30-23/h4-10,15,18H,11-14,16H2,1-3H3,(H,28,33). The predicted molar refractivity (Wildman–Crippen MR) is 141 cm³/mol. The zero-order valence-electron chi connectivity index (χ0n) is 20.7. The number of benzene rings is 2. The number of para-hydroxylation sites is 1. The number of ether oxygens (including phenoxy) is 1. The van der Waals surface area contributed by atoms with Gasteiger partial charge in [-0.05, 0) is 49.4 Å². The van der Waals surface area contributed by atoms with E-state index >= 15 is 0 Å². The lowest BCUT2D eigenvalue weighted by Crippen LogP contribution is -2.40. The van der Waals surface area contributed by atoms with Gasteiger partial charge in [0.05, 0.1) is 22.5 Å². The number of hydrogen-bond acceptors (Lipinski definition) is 6. The van der Waals surface area contributed by atoms with Crippen LogP contribution in [0.15, 0.2) is 48.5 Å². The van der Waals surface area contributed by atoms with Crippen molar-refractivity contribution in [2.24, 2.45) is 13.0 Å². The number of carbonyl (C=O) groups is 2. The number of amides is 2. The molecule has 4 aromatic rings. The Labute approximate surface area is 213 Å². The Morgan fingerprint density at radius 2 is 1.97 bits per heavy atom. The molecule has 2 heterocycles. The maximum Gasteiger partial charge on any atom is 0.274 e.